The molecule has 3 rings (SSSR count). The van der Waals surface area contributed by atoms with Crippen molar-refractivity contribution in [3.05, 3.63) is 35.9 Å². The SMILES string of the molecule is NC(=S)C(Cc1ccccc1)C(=O)N1CC2CCC1C2. The topological polar surface area (TPSA) is 46.3 Å². The first-order valence-electron chi connectivity index (χ1n) is 7.29. The highest BCUT2D eigenvalue weighted by Crippen LogP contribution is 2.38. The number of benzene rings is 1. The molecule has 0 radical (unpaired) electrons. The molecule has 2 bridgehead atoms. The molecule has 1 aromatic carbocycles. The summed E-state index contributed by atoms with van der Waals surface area (Å²) in [6.45, 7) is 0.900. The molecule has 1 heterocycles. The van der Waals surface area contributed by atoms with Crippen LogP contribution in [0.25, 0.3) is 0 Å². The molecule has 1 aliphatic heterocycles. The number of nitrogens with two attached hydrogens (primary N) is 1. The number of hydrogen-bond donors (Lipinski definition) is 1. The molecule has 3 unspecified atom stereocenters. The van der Waals surface area contributed by atoms with Gasteiger partial charge in [-0.25, -0.2) is 0 Å². The Labute approximate surface area is 125 Å². The van der Waals surface area contributed by atoms with Gasteiger partial charge in [0.25, 0.3) is 0 Å². The maximum Gasteiger partial charge on any atom is 0.233 e. The lowest BCUT2D eigenvalue weighted by Gasteiger charge is -2.30. The van der Waals surface area contributed by atoms with Gasteiger partial charge in [0.05, 0.1) is 10.9 Å². The number of carbonyl (C=O) groups is 1. The van der Waals surface area contributed by atoms with Gasteiger partial charge in [-0.15, -0.1) is 0 Å². The molecule has 2 fully saturated rings. The first-order chi connectivity index (χ1) is 9.65. The van der Waals surface area contributed by atoms with Gasteiger partial charge in [-0.2, -0.15) is 0 Å². The van der Waals surface area contributed by atoms with E-state index in [1.807, 2.05) is 35.2 Å². The zero-order valence-corrected chi connectivity index (χ0v) is 12.3. The summed E-state index contributed by atoms with van der Waals surface area (Å²) in [5.74, 6) is 0.480. The third-order valence-corrected chi connectivity index (χ3v) is 4.90. The molecule has 1 amide bonds. The maximum atomic E-state index is 12.7. The van der Waals surface area contributed by atoms with E-state index in [0.717, 1.165) is 18.5 Å². The van der Waals surface area contributed by atoms with Gasteiger partial charge in [-0.3, -0.25) is 4.79 Å². The van der Waals surface area contributed by atoms with Crippen molar-refractivity contribution in [3.8, 4) is 0 Å². The average Bonchev–Trinajstić information content (AvgIpc) is 3.07. The van der Waals surface area contributed by atoms with Gasteiger partial charge in [0.15, 0.2) is 0 Å². The minimum absolute atomic E-state index is 0.133. The molecule has 1 saturated heterocycles. The van der Waals surface area contributed by atoms with E-state index in [1.165, 1.54) is 12.8 Å². The van der Waals surface area contributed by atoms with Crippen LogP contribution in [0.15, 0.2) is 30.3 Å². The van der Waals surface area contributed by atoms with E-state index in [-0.39, 0.29) is 11.8 Å². The van der Waals surface area contributed by atoms with Gasteiger partial charge >= 0.3 is 0 Å². The fraction of sp³-hybridized carbons (Fsp3) is 0.500. The van der Waals surface area contributed by atoms with Crippen molar-refractivity contribution < 1.29 is 4.79 Å². The number of rotatable bonds is 4. The van der Waals surface area contributed by atoms with E-state index in [2.05, 4.69) is 0 Å². The molecule has 1 saturated carbocycles. The Balaban J connectivity index is 1.74. The van der Waals surface area contributed by atoms with Crippen LogP contribution in [0.4, 0.5) is 0 Å². The van der Waals surface area contributed by atoms with E-state index in [0.29, 0.717) is 23.4 Å². The summed E-state index contributed by atoms with van der Waals surface area (Å²) in [6.07, 6.45) is 4.20. The lowest BCUT2D eigenvalue weighted by molar-refractivity contribution is -0.134. The van der Waals surface area contributed by atoms with Crippen molar-refractivity contribution in [2.24, 2.45) is 17.6 Å². The van der Waals surface area contributed by atoms with Crippen molar-refractivity contribution in [1.29, 1.82) is 0 Å². The van der Waals surface area contributed by atoms with Crippen LogP contribution in [0.1, 0.15) is 24.8 Å². The quantitative estimate of drug-likeness (QED) is 0.864. The van der Waals surface area contributed by atoms with Gasteiger partial charge in [0, 0.05) is 12.6 Å². The van der Waals surface area contributed by atoms with E-state index >= 15 is 0 Å². The number of fused-ring (bicyclic) bond motifs is 2. The molecular formula is C16H20N2OS. The van der Waals surface area contributed by atoms with Gasteiger partial charge in [-0.1, -0.05) is 42.5 Å². The molecule has 20 heavy (non-hydrogen) atoms. The molecule has 106 valence electrons. The molecule has 4 heteroatoms. The second kappa shape index (κ2) is 5.52. The summed E-state index contributed by atoms with van der Waals surface area (Å²) in [5, 5.41) is 0. The van der Waals surface area contributed by atoms with Crippen LogP contribution in [-0.4, -0.2) is 28.4 Å². The standard InChI is InChI=1S/C16H20N2OS/c17-15(20)14(9-11-4-2-1-3-5-11)16(19)18-10-12-6-7-13(18)8-12/h1-5,12-14H,6-10H2,(H2,17,20). The van der Waals surface area contributed by atoms with Crippen molar-refractivity contribution in [3.63, 3.8) is 0 Å². The Kier molecular flexibility index (Phi) is 3.74. The monoisotopic (exact) mass is 288 g/mol. The predicted molar refractivity (Wildman–Crippen MR) is 83.3 cm³/mol. The van der Waals surface area contributed by atoms with Gasteiger partial charge < -0.3 is 10.6 Å². The summed E-state index contributed by atoms with van der Waals surface area (Å²) in [7, 11) is 0. The number of amides is 1. The summed E-state index contributed by atoms with van der Waals surface area (Å²) in [5.41, 5.74) is 6.95. The number of likely N-dealkylation sites (tertiary alicyclic amines) is 1. The zero-order valence-electron chi connectivity index (χ0n) is 11.5. The fourth-order valence-electron chi connectivity index (χ4n) is 3.55. The van der Waals surface area contributed by atoms with E-state index in [9.17, 15) is 4.79 Å². The van der Waals surface area contributed by atoms with Gasteiger partial charge in [0.2, 0.25) is 5.91 Å². The van der Waals surface area contributed by atoms with E-state index in [4.69, 9.17) is 18.0 Å². The molecule has 0 aromatic heterocycles. The highest BCUT2D eigenvalue weighted by molar-refractivity contribution is 7.80. The molecular weight excluding hydrogens is 268 g/mol. The second-order valence-electron chi connectivity index (χ2n) is 5.97. The maximum absolute atomic E-state index is 12.7. The largest absolute Gasteiger partial charge is 0.393 e. The van der Waals surface area contributed by atoms with E-state index < -0.39 is 0 Å². The minimum Gasteiger partial charge on any atom is -0.393 e. The van der Waals surface area contributed by atoms with Crippen LogP contribution in [0.3, 0.4) is 0 Å². The van der Waals surface area contributed by atoms with Crippen molar-refractivity contribution in [1.82, 2.24) is 4.90 Å². The Hall–Kier alpha value is -1.42. The van der Waals surface area contributed by atoms with Crippen molar-refractivity contribution >= 4 is 23.1 Å². The Morgan fingerprint density at radius 3 is 2.65 bits per heavy atom. The first kappa shape index (κ1) is 13.6. The number of thiocarbonyl (C=S) groups is 1. The van der Waals surface area contributed by atoms with Crippen molar-refractivity contribution in [2.45, 2.75) is 31.7 Å². The summed E-state index contributed by atoms with van der Waals surface area (Å²) in [4.78, 5) is 15.1. The number of carbonyl (C=O) groups excluding carboxylic acids is 1. The van der Waals surface area contributed by atoms with Crippen LogP contribution in [0, 0.1) is 11.8 Å². The van der Waals surface area contributed by atoms with Gasteiger partial charge in [-0.05, 0) is 37.2 Å². The zero-order chi connectivity index (χ0) is 14.1. The summed E-state index contributed by atoms with van der Waals surface area (Å²) < 4.78 is 0. The van der Waals surface area contributed by atoms with E-state index in [1.54, 1.807) is 0 Å². The molecule has 2 N–H and O–H groups in total. The van der Waals surface area contributed by atoms with Crippen LogP contribution in [0.2, 0.25) is 0 Å². The second-order valence-corrected chi connectivity index (χ2v) is 6.44. The third kappa shape index (κ3) is 2.57. The third-order valence-electron chi connectivity index (χ3n) is 4.62. The average molecular weight is 288 g/mol. The van der Waals surface area contributed by atoms with Crippen LogP contribution >= 0.6 is 12.2 Å². The number of nitrogens with zero attached hydrogens (tertiary/aromatic N) is 1. The number of piperidine rings is 1. The van der Waals surface area contributed by atoms with Gasteiger partial charge in [0.1, 0.15) is 0 Å². The molecule has 3 atom stereocenters. The summed E-state index contributed by atoms with van der Waals surface area (Å²) in [6, 6.07) is 10.4. The lowest BCUT2D eigenvalue weighted by atomic mass is 9.97. The van der Waals surface area contributed by atoms with Crippen LogP contribution < -0.4 is 5.73 Å². The predicted octanol–water partition coefficient (Wildman–Crippen LogP) is 2.14. The Morgan fingerprint density at radius 2 is 2.10 bits per heavy atom. The van der Waals surface area contributed by atoms with Crippen molar-refractivity contribution in [2.75, 3.05) is 6.54 Å². The molecule has 3 nitrogen and oxygen atoms in total. The highest BCUT2D eigenvalue weighted by atomic mass is 32.1. The molecule has 0 spiro atoms. The minimum atomic E-state index is -0.355. The fourth-order valence-corrected chi connectivity index (χ4v) is 3.74. The normalized spacial score (nSPS) is 25.7. The van der Waals surface area contributed by atoms with Crippen LogP contribution in [-0.2, 0) is 11.2 Å². The molecule has 1 aliphatic carbocycles. The first-order valence-corrected chi connectivity index (χ1v) is 7.69. The molecule has 2 aliphatic rings. The Bertz CT molecular complexity index is 516. The lowest BCUT2D eigenvalue weighted by Crippen LogP contribution is -2.45. The highest BCUT2D eigenvalue weighted by Gasteiger charge is 2.42. The smallest absolute Gasteiger partial charge is 0.233 e. The Morgan fingerprint density at radius 1 is 1.35 bits per heavy atom. The molecule has 1 aromatic rings. The van der Waals surface area contributed by atoms with Crippen LogP contribution in [0.5, 0.6) is 0 Å². The number of hydrogen-bond acceptors (Lipinski definition) is 2. The summed E-state index contributed by atoms with van der Waals surface area (Å²) >= 11 is 5.14.